The fourth-order valence-corrected chi connectivity index (χ4v) is 5.19. The highest BCUT2D eigenvalue weighted by Crippen LogP contribution is 2.33. The summed E-state index contributed by atoms with van der Waals surface area (Å²) in [5.41, 5.74) is 0.710. The Morgan fingerprint density at radius 1 is 1.06 bits per heavy atom. The molecule has 3 fully saturated rings. The first-order valence-corrected chi connectivity index (χ1v) is 11.3. The molecule has 2 aliphatic heterocycles. The lowest BCUT2D eigenvalue weighted by atomic mass is 9.95. The second-order valence-electron chi connectivity index (χ2n) is 8.95. The molecule has 1 saturated carbocycles. The van der Waals surface area contributed by atoms with Crippen molar-refractivity contribution in [2.45, 2.75) is 56.9 Å². The van der Waals surface area contributed by atoms with Crippen molar-refractivity contribution in [3.63, 3.8) is 0 Å². The minimum Gasteiger partial charge on any atom is -0.342 e. The van der Waals surface area contributed by atoms with E-state index in [2.05, 4.69) is 10.1 Å². The normalized spacial score (nSPS) is 23.1. The molecule has 5 rings (SSSR count). The molecule has 0 spiro atoms. The minimum atomic E-state index is -0.306. The van der Waals surface area contributed by atoms with Crippen molar-refractivity contribution < 1.29 is 18.5 Å². The Labute approximate surface area is 180 Å². The molecule has 3 aliphatic rings. The van der Waals surface area contributed by atoms with E-state index in [0.29, 0.717) is 49.4 Å². The Hall–Kier alpha value is -2.77. The van der Waals surface area contributed by atoms with Gasteiger partial charge in [-0.25, -0.2) is 4.39 Å². The van der Waals surface area contributed by atoms with E-state index in [1.807, 2.05) is 9.80 Å². The Kier molecular flexibility index (Phi) is 5.46. The predicted molar refractivity (Wildman–Crippen MR) is 110 cm³/mol. The molecular formula is C23H27FN4O3. The fraction of sp³-hybridized carbons (Fsp3) is 0.565. The van der Waals surface area contributed by atoms with Crippen LogP contribution >= 0.6 is 0 Å². The van der Waals surface area contributed by atoms with Crippen molar-refractivity contribution >= 4 is 11.8 Å². The topological polar surface area (TPSA) is 79.5 Å². The van der Waals surface area contributed by atoms with E-state index in [9.17, 15) is 14.0 Å². The van der Waals surface area contributed by atoms with E-state index in [-0.39, 0.29) is 29.5 Å². The molecule has 1 aromatic carbocycles. The lowest BCUT2D eigenvalue weighted by Gasteiger charge is -2.32. The van der Waals surface area contributed by atoms with Crippen LogP contribution in [0.15, 0.2) is 28.8 Å². The van der Waals surface area contributed by atoms with Crippen LogP contribution < -0.4 is 0 Å². The number of nitrogens with zero attached hydrogens (tertiary/aromatic N) is 4. The van der Waals surface area contributed by atoms with E-state index in [1.54, 1.807) is 12.1 Å². The van der Waals surface area contributed by atoms with Gasteiger partial charge in [-0.15, -0.1) is 0 Å². The van der Waals surface area contributed by atoms with Crippen LogP contribution in [-0.4, -0.2) is 57.4 Å². The molecular weight excluding hydrogens is 399 g/mol. The number of carbonyl (C=O) groups excluding carboxylic acids is 2. The van der Waals surface area contributed by atoms with Gasteiger partial charge in [0.15, 0.2) is 0 Å². The zero-order valence-electron chi connectivity index (χ0n) is 17.5. The van der Waals surface area contributed by atoms with E-state index in [4.69, 9.17) is 4.52 Å². The summed E-state index contributed by atoms with van der Waals surface area (Å²) in [7, 11) is 0. The molecule has 1 atom stereocenters. The van der Waals surface area contributed by atoms with Crippen molar-refractivity contribution in [1.29, 1.82) is 0 Å². The molecule has 164 valence electrons. The molecule has 0 radical (unpaired) electrons. The van der Waals surface area contributed by atoms with Gasteiger partial charge >= 0.3 is 0 Å². The molecule has 0 bridgehead atoms. The fourth-order valence-electron chi connectivity index (χ4n) is 5.19. The molecule has 1 aromatic heterocycles. The van der Waals surface area contributed by atoms with Gasteiger partial charge in [-0.3, -0.25) is 9.59 Å². The molecule has 2 amide bonds. The van der Waals surface area contributed by atoms with Gasteiger partial charge in [-0.2, -0.15) is 4.98 Å². The van der Waals surface area contributed by atoms with Gasteiger partial charge in [-0.1, -0.05) is 18.0 Å². The summed E-state index contributed by atoms with van der Waals surface area (Å²) in [6.45, 7) is 1.84. The molecule has 0 N–H and O–H groups in total. The standard InChI is InChI=1S/C23H27FN4O3/c24-18-7-5-15(6-8-18)21-25-22(31-26-21)16-9-11-27(12-10-16)23(30)17-13-20(29)28(14-17)19-3-1-2-4-19/h5-8,16-17,19H,1-4,9-14H2. The first-order valence-electron chi connectivity index (χ1n) is 11.3. The molecule has 3 heterocycles. The highest BCUT2D eigenvalue weighted by atomic mass is 19.1. The minimum absolute atomic E-state index is 0.102. The first kappa shape index (κ1) is 20.2. The number of hydrogen-bond acceptors (Lipinski definition) is 5. The maximum atomic E-state index is 13.1. The largest absolute Gasteiger partial charge is 0.342 e. The monoisotopic (exact) mass is 426 g/mol. The second kappa shape index (κ2) is 8.40. The predicted octanol–water partition coefficient (Wildman–Crippen LogP) is 3.37. The van der Waals surface area contributed by atoms with Crippen LogP contribution in [-0.2, 0) is 9.59 Å². The maximum Gasteiger partial charge on any atom is 0.230 e. The summed E-state index contributed by atoms with van der Waals surface area (Å²) in [6.07, 6.45) is 6.36. The number of halogens is 1. The Bertz CT molecular complexity index is 946. The maximum absolute atomic E-state index is 13.1. The van der Waals surface area contributed by atoms with E-state index >= 15 is 0 Å². The summed E-state index contributed by atoms with van der Waals surface area (Å²) in [5, 5.41) is 4.03. The molecule has 1 aliphatic carbocycles. The second-order valence-corrected chi connectivity index (χ2v) is 8.95. The van der Waals surface area contributed by atoms with Crippen LogP contribution in [0.1, 0.15) is 56.8 Å². The number of piperidine rings is 1. The van der Waals surface area contributed by atoms with E-state index in [0.717, 1.165) is 25.7 Å². The van der Waals surface area contributed by atoms with Gasteiger partial charge in [0.05, 0.1) is 5.92 Å². The number of amides is 2. The van der Waals surface area contributed by atoms with Crippen molar-refractivity contribution in [3.8, 4) is 11.4 Å². The third-order valence-corrected chi connectivity index (χ3v) is 6.97. The first-order chi connectivity index (χ1) is 15.1. The van der Waals surface area contributed by atoms with Crippen molar-refractivity contribution in [3.05, 3.63) is 36.0 Å². The zero-order valence-corrected chi connectivity index (χ0v) is 17.5. The van der Waals surface area contributed by atoms with Gasteiger partial charge in [-0.05, 0) is 49.9 Å². The molecule has 31 heavy (non-hydrogen) atoms. The zero-order chi connectivity index (χ0) is 21.4. The smallest absolute Gasteiger partial charge is 0.230 e. The average molecular weight is 426 g/mol. The van der Waals surface area contributed by atoms with Gasteiger partial charge in [0.25, 0.3) is 0 Å². The van der Waals surface area contributed by atoms with Crippen molar-refractivity contribution in [1.82, 2.24) is 19.9 Å². The summed E-state index contributed by atoms with van der Waals surface area (Å²) < 4.78 is 18.6. The highest BCUT2D eigenvalue weighted by molar-refractivity contribution is 5.89. The van der Waals surface area contributed by atoms with Crippen molar-refractivity contribution in [2.24, 2.45) is 5.92 Å². The van der Waals surface area contributed by atoms with Gasteiger partial charge in [0.1, 0.15) is 5.82 Å². The molecule has 2 saturated heterocycles. The lowest BCUT2D eigenvalue weighted by molar-refractivity contribution is -0.137. The van der Waals surface area contributed by atoms with E-state index < -0.39 is 0 Å². The number of benzene rings is 1. The molecule has 2 aromatic rings. The van der Waals surface area contributed by atoms with Crippen LogP contribution in [0, 0.1) is 11.7 Å². The summed E-state index contributed by atoms with van der Waals surface area (Å²) in [4.78, 5) is 33.8. The SMILES string of the molecule is O=C(C1CC(=O)N(C2CCCC2)C1)N1CCC(c2nc(-c3ccc(F)cc3)no2)CC1. The number of aromatic nitrogens is 2. The van der Waals surface area contributed by atoms with Crippen LogP contribution in [0.2, 0.25) is 0 Å². The molecule has 7 nitrogen and oxygen atoms in total. The van der Waals surface area contributed by atoms with Crippen LogP contribution in [0.4, 0.5) is 4.39 Å². The van der Waals surface area contributed by atoms with Gasteiger partial charge in [0, 0.05) is 43.6 Å². The average Bonchev–Trinajstić information content (AvgIpc) is 3.55. The summed E-state index contributed by atoms with van der Waals surface area (Å²) >= 11 is 0. The van der Waals surface area contributed by atoms with Gasteiger partial charge in [0.2, 0.25) is 23.5 Å². The summed E-state index contributed by atoms with van der Waals surface area (Å²) in [5.74, 6) is 0.841. The Morgan fingerprint density at radius 3 is 2.48 bits per heavy atom. The van der Waals surface area contributed by atoms with Crippen LogP contribution in [0.3, 0.4) is 0 Å². The number of rotatable bonds is 4. The number of likely N-dealkylation sites (tertiary alicyclic amines) is 2. The quantitative estimate of drug-likeness (QED) is 0.749. The van der Waals surface area contributed by atoms with Crippen LogP contribution in [0.25, 0.3) is 11.4 Å². The Balaban J connectivity index is 1.17. The third-order valence-electron chi connectivity index (χ3n) is 6.97. The number of carbonyl (C=O) groups is 2. The molecule has 1 unspecified atom stereocenters. The highest BCUT2D eigenvalue weighted by Gasteiger charge is 2.41. The number of hydrogen-bond donors (Lipinski definition) is 0. The van der Waals surface area contributed by atoms with Gasteiger partial charge < -0.3 is 14.3 Å². The third kappa shape index (κ3) is 4.07. The van der Waals surface area contributed by atoms with Crippen LogP contribution in [0.5, 0.6) is 0 Å². The van der Waals surface area contributed by atoms with E-state index in [1.165, 1.54) is 25.0 Å². The van der Waals surface area contributed by atoms with Crippen molar-refractivity contribution in [2.75, 3.05) is 19.6 Å². The molecule has 8 heteroatoms. The lowest BCUT2D eigenvalue weighted by Crippen LogP contribution is -2.42. The Morgan fingerprint density at radius 2 is 1.77 bits per heavy atom. The summed E-state index contributed by atoms with van der Waals surface area (Å²) in [6, 6.07) is 6.34.